The van der Waals surface area contributed by atoms with Gasteiger partial charge in [-0.25, -0.2) is 0 Å². The van der Waals surface area contributed by atoms with Gasteiger partial charge in [0.25, 0.3) is 0 Å². The molecular formula is C12H10O. The molecule has 0 heterocycles. The largest absolute Gasteiger partial charge is 0.289 e. The van der Waals surface area contributed by atoms with Crippen LogP contribution >= 0.6 is 0 Å². The lowest BCUT2D eigenvalue weighted by Crippen LogP contribution is -2.06. The van der Waals surface area contributed by atoms with Gasteiger partial charge in [-0.05, 0) is 29.7 Å². The van der Waals surface area contributed by atoms with Gasteiger partial charge in [-0.15, -0.1) is 0 Å². The van der Waals surface area contributed by atoms with Crippen LogP contribution in [0, 0.1) is 0 Å². The van der Waals surface area contributed by atoms with Crippen molar-refractivity contribution in [1.29, 1.82) is 0 Å². The van der Waals surface area contributed by atoms with Crippen molar-refractivity contribution in [3.8, 4) is 0 Å². The lowest BCUT2D eigenvalue weighted by molar-refractivity contribution is 0.104. The molecule has 0 saturated carbocycles. The van der Waals surface area contributed by atoms with Gasteiger partial charge in [0.05, 0.1) is 0 Å². The van der Waals surface area contributed by atoms with E-state index in [-0.39, 0.29) is 5.78 Å². The zero-order valence-corrected chi connectivity index (χ0v) is 7.50. The second-order valence-corrected chi connectivity index (χ2v) is 3.22. The van der Waals surface area contributed by atoms with Crippen molar-refractivity contribution < 1.29 is 4.79 Å². The quantitative estimate of drug-likeness (QED) is 0.585. The Morgan fingerprint density at radius 3 is 2.46 bits per heavy atom. The molecule has 0 N–H and O–H groups in total. The number of hydrogen-bond acceptors (Lipinski definition) is 1. The van der Waals surface area contributed by atoms with E-state index in [1.165, 1.54) is 0 Å². The first-order chi connectivity index (χ1) is 6.20. The van der Waals surface area contributed by atoms with E-state index >= 15 is 0 Å². The normalized spacial score (nSPS) is 15.3. The van der Waals surface area contributed by atoms with E-state index in [1.54, 1.807) is 6.08 Å². The van der Waals surface area contributed by atoms with Gasteiger partial charge in [-0.1, -0.05) is 30.8 Å². The van der Waals surface area contributed by atoms with Gasteiger partial charge >= 0.3 is 0 Å². The zero-order chi connectivity index (χ0) is 9.42. The van der Waals surface area contributed by atoms with Crippen LogP contribution in [0.1, 0.15) is 22.8 Å². The SMILES string of the molecule is C=C1C(C)=CC(=O)c2ccccc21. The summed E-state index contributed by atoms with van der Waals surface area (Å²) in [6.07, 6.45) is 1.64. The molecular weight excluding hydrogens is 160 g/mol. The van der Waals surface area contributed by atoms with Crippen LogP contribution in [0.15, 0.2) is 42.5 Å². The Labute approximate surface area is 77.4 Å². The molecule has 0 fully saturated rings. The third-order valence-electron chi connectivity index (χ3n) is 2.34. The fourth-order valence-electron chi connectivity index (χ4n) is 1.54. The fraction of sp³-hybridized carbons (Fsp3) is 0.0833. The third-order valence-corrected chi connectivity index (χ3v) is 2.34. The van der Waals surface area contributed by atoms with Crippen LogP contribution in [0.4, 0.5) is 0 Å². The van der Waals surface area contributed by atoms with Crippen molar-refractivity contribution in [2.45, 2.75) is 6.92 Å². The number of carbonyl (C=O) groups excluding carboxylic acids is 1. The average molecular weight is 170 g/mol. The van der Waals surface area contributed by atoms with Crippen LogP contribution in [0.2, 0.25) is 0 Å². The monoisotopic (exact) mass is 170 g/mol. The summed E-state index contributed by atoms with van der Waals surface area (Å²) in [5.41, 5.74) is 3.64. The predicted octanol–water partition coefficient (Wildman–Crippen LogP) is 2.84. The molecule has 0 spiro atoms. The van der Waals surface area contributed by atoms with Crippen molar-refractivity contribution in [3.05, 3.63) is 53.6 Å². The Morgan fingerprint density at radius 2 is 1.77 bits per heavy atom. The van der Waals surface area contributed by atoms with E-state index in [0.717, 1.165) is 22.3 Å². The van der Waals surface area contributed by atoms with E-state index in [4.69, 9.17) is 0 Å². The molecule has 0 aliphatic heterocycles. The van der Waals surface area contributed by atoms with Crippen molar-refractivity contribution in [2.24, 2.45) is 0 Å². The van der Waals surface area contributed by atoms with Gasteiger partial charge < -0.3 is 0 Å². The average Bonchev–Trinajstić information content (AvgIpc) is 2.15. The first-order valence-electron chi connectivity index (χ1n) is 4.21. The molecule has 0 bridgehead atoms. The second kappa shape index (κ2) is 2.70. The van der Waals surface area contributed by atoms with Gasteiger partial charge in [-0.3, -0.25) is 4.79 Å². The van der Waals surface area contributed by atoms with Crippen LogP contribution in [0.5, 0.6) is 0 Å². The maximum Gasteiger partial charge on any atom is 0.186 e. The Kier molecular flexibility index (Phi) is 1.66. The molecule has 1 aliphatic carbocycles. The molecule has 0 aromatic heterocycles. The number of ketones is 1. The lowest BCUT2D eigenvalue weighted by atomic mass is 9.88. The third kappa shape index (κ3) is 1.13. The summed E-state index contributed by atoms with van der Waals surface area (Å²) < 4.78 is 0. The molecule has 0 radical (unpaired) electrons. The van der Waals surface area contributed by atoms with Crippen LogP contribution in [-0.2, 0) is 0 Å². The van der Waals surface area contributed by atoms with Crippen molar-refractivity contribution >= 4 is 11.4 Å². The number of allylic oxidation sites excluding steroid dienone is 3. The fourth-order valence-corrected chi connectivity index (χ4v) is 1.54. The summed E-state index contributed by atoms with van der Waals surface area (Å²) in [6, 6.07) is 7.58. The highest BCUT2D eigenvalue weighted by atomic mass is 16.1. The van der Waals surface area contributed by atoms with E-state index < -0.39 is 0 Å². The van der Waals surface area contributed by atoms with Crippen LogP contribution < -0.4 is 0 Å². The molecule has 0 atom stereocenters. The van der Waals surface area contributed by atoms with Crippen molar-refractivity contribution in [3.63, 3.8) is 0 Å². The van der Waals surface area contributed by atoms with Crippen LogP contribution in [-0.4, -0.2) is 5.78 Å². The first-order valence-corrected chi connectivity index (χ1v) is 4.21. The Balaban J connectivity index is 2.69. The molecule has 0 saturated heterocycles. The standard InChI is InChI=1S/C12H10O/c1-8-7-12(13)11-6-4-3-5-10(11)9(8)2/h3-7H,2H2,1H3. The van der Waals surface area contributed by atoms with Gasteiger partial charge in [0.2, 0.25) is 0 Å². The van der Waals surface area contributed by atoms with Gasteiger partial charge in [-0.2, -0.15) is 0 Å². The smallest absolute Gasteiger partial charge is 0.186 e. The van der Waals surface area contributed by atoms with Gasteiger partial charge in [0.15, 0.2) is 5.78 Å². The summed E-state index contributed by atoms with van der Waals surface area (Å²) in [4.78, 5) is 11.5. The zero-order valence-electron chi connectivity index (χ0n) is 7.50. The number of benzene rings is 1. The number of rotatable bonds is 0. The van der Waals surface area contributed by atoms with E-state index in [9.17, 15) is 4.79 Å². The highest BCUT2D eigenvalue weighted by molar-refractivity contribution is 6.13. The molecule has 64 valence electrons. The maximum atomic E-state index is 11.5. The molecule has 0 amide bonds. The Hall–Kier alpha value is -1.63. The Bertz CT molecular complexity index is 425. The molecule has 13 heavy (non-hydrogen) atoms. The summed E-state index contributed by atoms with van der Waals surface area (Å²) in [6.45, 7) is 5.86. The van der Waals surface area contributed by atoms with Crippen LogP contribution in [0.3, 0.4) is 0 Å². The molecule has 0 unspecified atom stereocenters. The first kappa shape index (κ1) is 7.99. The van der Waals surface area contributed by atoms with Gasteiger partial charge in [0.1, 0.15) is 0 Å². The highest BCUT2D eigenvalue weighted by Gasteiger charge is 2.17. The highest BCUT2D eigenvalue weighted by Crippen LogP contribution is 2.29. The topological polar surface area (TPSA) is 17.1 Å². The minimum Gasteiger partial charge on any atom is -0.289 e. The lowest BCUT2D eigenvalue weighted by Gasteiger charge is -2.15. The van der Waals surface area contributed by atoms with E-state index in [0.29, 0.717) is 0 Å². The van der Waals surface area contributed by atoms with E-state index in [1.807, 2.05) is 31.2 Å². The Morgan fingerprint density at radius 1 is 1.15 bits per heavy atom. The minimum atomic E-state index is 0.0838. The predicted molar refractivity (Wildman–Crippen MR) is 53.6 cm³/mol. The second-order valence-electron chi connectivity index (χ2n) is 3.22. The summed E-state index contributed by atoms with van der Waals surface area (Å²) >= 11 is 0. The number of carbonyl (C=O) groups is 1. The minimum absolute atomic E-state index is 0.0838. The van der Waals surface area contributed by atoms with Crippen molar-refractivity contribution in [1.82, 2.24) is 0 Å². The summed E-state index contributed by atoms with van der Waals surface area (Å²) in [7, 11) is 0. The number of hydrogen-bond donors (Lipinski definition) is 0. The van der Waals surface area contributed by atoms with E-state index in [2.05, 4.69) is 6.58 Å². The molecule has 1 aromatic carbocycles. The summed E-state index contributed by atoms with van der Waals surface area (Å²) in [5.74, 6) is 0.0838. The van der Waals surface area contributed by atoms with Crippen LogP contribution in [0.25, 0.3) is 5.57 Å². The molecule has 2 rings (SSSR count). The number of fused-ring (bicyclic) bond motifs is 1. The van der Waals surface area contributed by atoms with Crippen molar-refractivity contribution in [2.75, 3.05) is 0 Å². The molecule has 1 heteroatoms. The molecule has 1 aromatic rings. The maximum absolute atomic E-state index is 11.5. The molecule has 1 aliphatic rings. The summed E-state index contributed by atoms with van der Waals surface area (Å²) in [5, 5.41) is 0. The molecule has 1 nitrogen and oxygen atoms in total. The van der Waals surface area contributed by atoms with Gasteiger partial charge in [0, 0.05) is 5.56 Å².